The summed E-state index contributed by atoms with van der Waals surface area (Å²) < 4.78 is 80.1. The van der Waals surface area contributed by atoms with Crippen LogP contribution in [0.25, 0.3) is 0 Å². The van der Waals surface area contributed by atoms with E-state index in [4.69, 9.17) is 0 Å². The largest absolute Gasteiger partial charge is 0.416 e. The lowest BCUT2D eigenvalue weighted by molar-refractivity contribution is -0.139. The van der Waals surface area contributed by atoms with E-state index in [0.717, 1.165) is 45.8 Å². The Balaban J connectivity index is 0.000000181. The van der Waals surface area contributed by atoms with Crippen LogP contribution in [0.15, 0.2) is 97.3 Å². The maximum atomic E-state index is 13.4. The first kappa shape index (κ1) is 41.9. The number of carbonyl (C=O) groups excluding carboxylic acids is 2. The van der Waals surface area contributed by atoms with Crippen LogP contribution in [0, 0.1) is 0 Å². The van der Waals surface area contributed by atoms with Gasteiger partial charge in [-0.05, 0) is 95.5 Å². The molecule has 8 rings (SSSR count). The number of H-pyrrole nitrogens is 2. The third-order valence-electron chi connectivity index (χ3n) is 11.0. The van der Waals surface area contributed by atoms with E-state index in [1.165, 1.54) is 34.1 Å². The smallest absolute Gasteiger partial charge is 0.392 e. The third kappa shape index (κ3) is 8.43. The van der Waals surface area contributed by atoms with E-state index in [-0.39, 0.29) is 60.4 Å². The van der Waals surface area contributed by atoms with Crippen LogP contribution in [0.2, 0.25) is 0 Å². The Morgan fingerprint density at radius 1 is 0.617 bits per heavy atom. The summed E-state index contributed by atoms with van der Waals surface area (Å²) in [6.07, 6.45) is -4.65. The van der Waals surface area contributed by atoms with Gasteiger partial charge in [-0.3, -0.25) is 19.8 Å². The number of alkyl halides is 6. The molecule has 0 unspecified atom stereocenters. The van der Waals surface area contributed by atoms with Gasteiger partial charge in [-0.1, -0.05) is 50.2 Å². The first-order valence-electron chi connectivity index (χ1n) is 19.0. The fraction of sp³-hybridized carbons (Fsp3) is 0.273. The number of aromatic amines is 2. The number of rotatable bonds is 10. The minimum absolute atomic E-state index is 0.0125. The fourth-order valence-electron chi connectivity index (χ4n) is 7.76. The van der Waals surface area contributed by atoms with E-state index in [0.29, 0.717) is 24.2 Å². The predicted molar refractivity (Wildman–Crippen MR) is 210 cm³/mol. The maximum Gasteiger partial charge on any atom is 0.416 e. The Hall–Kier alpha value is -6.26. The molecular weight excluding hydrogens is 791 g/mol. The molecule has 0 bridgehead atoms. The Morgan fingerprint density at radius 3 is 1.37 bits per heavy atom. The molecule has 2 aliphatic rings. The van der Waals surface area contributed by atoms with Crippen LogP contribution < -0.4 is 9.80 Å². The Kier molecular flexibility index (Phi) is 11.7. The topological polar surface area (TPSA) is 138 Å². The molecule has 16 heteroatoms. The number of hydrogen-bond donors (Lipinski definition) is 4. The van der Waals surface area contributed by atoms with Crippen molar-refractivity contribution in [3.8, 4) is 0 Å². The number of benzene rings is 4. The van der Waals surface area contributed by atoms with Crippen LogP contribution in [0.3, 0.4) is 0 Å². The van der Waals surface area contributed by atoms with Crippen LogP contribution >= 0.6 is 0 Å². The van der Waals surface area contributed by atoms with Crippen molar-refractivity contribution in [2.75, 3.05) is 9.80 Å². The summed E-state index contributed by atoms with van der Waals surface area (Å²) in [5.41, 5.74) is 4.76. The maximum absolute atomic E-state index is 13.4. The SMILES string of the molecule is C[C@@H](Cc1[nH]ncc1CO)c1cccc(N2Cc3c(cccc3C(F)(F)F)C2=O)c1.C[C@H](Cc1[nH]ncc1CO)c1cccc(N2Cc3c(cccc3C(F)(F)F)C2=O)c1. The lowest BCUT2D eigenvalue weighted by Crippen LogP contribution is -2.23. The number of halogens is 6. The number of anilines is 2. The summed E-state index contributed by atoms with van der Waals surface area (Å²) in [6, 6.07) is 22.0. The number of aromatic nitrogens is 4. The zero-order valence-corrected chi connectivity index (χ0v) is 32.4. The van der Waals surface area contributed by atoms with Crippen LogP contribution in [-0.4, -0.2) is 42.4 Å². The van der Waals surface area contributed by atoms with Gasteiger partial charge in [-0.2, -0.15) is 36.5 Å². The van der Waals surface area contributed by atoms with Crippen molar-refractivity contribution in [3.05, 3.63) is 164 Å². The number of fused-ring (bicyclic) bond motifs is 2. The second-order valence-electron chi connectivity index (χ2n) is 14.9. The van der Waals surface area contributed by atoms with Crippen LogP contribution in [-0.2, 0) is 51.5 Å². The van der Waals surface area contributed by atoms with Crippen molar-refractivity contribution in [2.24, 2.45) is 0 Å². The molecule has 0 aliphatic carbocycles. The first-order chi connectivity index (χ1) is 28.6. The molecular formula is C44H40F6N6O4. The molecule has 2 aromatic heterocycles. The summed E-state index contributed by atoms with van der Waals surface area (Å²) in [5, 5.41) is 32.5. The Labute approximate surface area is 340 Å². The minimum Gasteiger partial charge on any atom is -0.392 e. The van der Waals surface area contributed by atoms with Gasteiger partial charge in [0.2, 0.25) is 0 Å². The number of nitrogens with one attached hydrogen (secondary N) is 2. The molecule has 6 aromatic rings. The molecule has 0 radical (unpaired) electrons. The summed E-state index contributed by atoms with van der Waals surface area (Å²) in [5.74, 6) is -0.780. The van der Waals surface area contributed by atoms with Crippen LogP contribution in [0.4, 0.5) is 37.7 Å². The molecule has 312 valence electrons. The van der Waals surface area contributed by atoms with Gasteiger partial charge in [-0.25, -0.2) is 0 Å². The van der Waals surface area contributed by atoms with Gasteiger partial charge in [0.05, 0.1) is 49.8 Å². The number of carbonyl (C=O) groups is 2. The van der Waals surface area contributed by atoms with Gasteiger partial charge in [0.25, 0.3) is 11.8 Å². The van der Waals surface area contributed by atoms with E-state index in [2.05, 4.69) is 20.4 Å². The van der Waals surface area contributed by atoms with Gasteiger partial charge < -0.3 is 20.0 Å². The first-order valence-corrected chi connectivity index (χ1v) is 19.0. The zero-order chi connectivity index (χ0) is 42.9. The number of aliphatic hydroxyl groups excluding tert-OH is 2. The average Bonchev–Trinajstić information content (AvgIpc) is 4.03. The van der Waals surface area contributed by atoms with Gasteiger partial charge in [-0.15, -0.1) is 0 Å². The van der Waals surface area contributed by atoms with Crippen molar-refractivity contribution in [2.45, 2.75) is 77.2 Å². The molecule has 0 spiro atoms. The highest BCUT2D eigenvalue weighted by molar-refractivity contribution is 6.11. The third-order valence-corrected chi connectivity index (χ3v) is 11.0. The number of amides is 2. The monoisotopic (exact) mass is 830 g/mol. The van der Waals surface area contributed by atoms with E-state index in [9.17, 15) is 46.1 Å². The van der Waals surface area contributed by atoms with E-state index >= 15 is 0 Å². The highest BCUT2D eigenvalue weighted by atomic mass is 19.4. The molecule has 4 aromatic carbocycles. The van der Waals surface area contributed by atoms with E-state index < -0.39 is 35.3 Å². The molecule has 0 saturated carbocycles. The van der Waals surface area contributed by atoms with E-state index in [1.807, 2.05) is 38.1 Å². The van der Waals surface area contributed by atoms with Crippen molar-refractivity contribution in [3.63, 3.8) is 0 Å². The van der Waals surface area contributed by atoms with Crippen molar-refractivity contribution < 1.29 is 46.1 Å². The van der Waals surface area contributed by atoms with Crippen molar-refractivity contribution in [1.82, 2.24) is 20.4 Å². The molecule has 2 amide bonds. The molecule has 10 nitrogen and oxygen atoms in total. The second-order valence-corrected chi connectivity index (χ2v) is 14.9. The summed E-state index contributed by atoms with van der Waals surface area (Å²) in [6.45, 7) is 3.56. The van der Waals surface area contributed by atoms with Crippen LogP contribution in [0.5, 0.6) is 0 Å². The lowest BCUT2D eigenvalue weighted by atomic mass is 9.94. The minimum atomic E-state index is -4.51. The quantitative estimate of drug-likeness (QED) is 0.102. The average molecular weight is 831 g/mol. The van der Waals surface area contributed by atoms with Gasteiger partial charge in [0, 0.05) is 45.0 Å². The summed E-state index contributed by atoms with van der Waals surface area (Å²) in [4.78, 5) is 28.4. The summed E-state index contributed by atoms with van der Waals surface area (Å²) >= 11 is 0. The second kappa shape index (κ2) is 16.8. The standard InChI is InChI=1S/2C22H20F3N3O2/c2*1-13(8-20-15(12-29)10-26-27-20)14-4-2-5-16(9-14)28-11-18-17(21(28)30)6-3-7-19(18)22(23,24)25/h2*2-7,9-10,13,29H,8,11-12H2,1H3,(H,26,27)/t2*13-/m10/s1. The van der Waals surface area contributed by atoms with Gasteiger partial charge in [0.15, 0.2) is 0 Å². The lowest BCUT2D eigenvalue weighted by Gasteiger charge is -2.19. The molecule has 0 saturated heterocycles. The predicted octanol–water partition coefficient (Wildman–Crippen LogP) is 8.85. The molecule has 2 atom stereocenters. The Morgan fingerprint density at radius 2 is 1.00 bits per heavy atom. The molecule has 0 fully saturated rings. The van der Waals surface area contributed by atoms with Gasteiger partial charge in [0.1, 0.15) is 0 Å². The number of hydrogen-bond acceptors (Lipinski definition) is 6. The molecule has 60 heavy (non-hydrogen) atoms. The summed E-state index contributed by atoms with van der Waals surface area (Å²) in [7, 11) is 0. The molecule has 4 N–H and O–H groups in total. The Bertz CT molecular complexity index is 2360. The van der Waals surface area contributed by atoms with Crippen molar-refractivity contribution >= 4 is 23.2 Å². The normalized spacial score (nSPS) is 14.8. The van der Waals surface area contributed by atoms with E-state index in [1.54, 1.807) is 36.7 Å². The highest BCUT2D eigenvalue weighted by Gasteiger charge is 2.41. The zero-order valence-electron chi connectivity index (χ0n) is 32.4. The van der Waals surface area contributed by atoms with Crippen LogP contribution in [0.1, 0.15) is 102 Å². The number of aliphatic hydroxyl groups is 2. The van der Waals surface area contributed by atoms with Crippen molar-refractivity contribution in [1.29, 1.82) is 0 Å². The van der Waals surface area contributed by atoms with Gasteiger partial charge >= 0.3 is 12.4 Å². The number of nitrogens with zero attached hydrogens (tertiary/aromatic N) is 4. The molecule has 2 aliphatic heterocycles. The fourth-order valence-corrected chi connectivity index (χ4v) is 7.76. The highest BCUT2D eigenvalue weighted by Crippen LogP contribution is 2.41. The molecule has 4 heterocycles.